The number of nitrogens with zero attached hydrogens (tertiary/aromatic N) is 1. The fraction of sp³-hybridized carbons (Fsp3) is 0.222. The average molecular weight is 177 g/mol. The van der Waals surface area contributed by atoms with E-state index in [0.29, 0.717) is 0 Å². The summed E-state index contributed by atoms with van der Waals surface area (Å²) in [7, 11) is 0. The molecule has 68 valence electrons. The van der Waals surface area contributed by atoms with Gasteiger partial charge in [-0.05, 0) is 5.56 Å². The SMILES string of the molecule is N[C@H](CO)c1cccc2cn[nH]c12. The maximum Gasteiger partial charge on any atom is 0.0698 e. The molecule has 0 aliphatic heterocycles. The average Bonchev–Trinajstić information content (AvgIpc) is 2.63. The number of rotatable bonds is 2. The third-order valence-electron chi connectivity index (χ3n) is 2.11. The van der Waals surface area contributed by atoms with E-state index in [2.05, 4.69) is 10.2 Å². The molecule has 0 bridgehead atoms. The van der Waals surface area contributed by atoms with Crippen molar-refractivity contribution in [3.05, 3.63) is 30.0 Å². The first-order chi connectivity index (χ1) is 6.33. The van der Waals surface area contributed by atoms with Crippen LogP contribution in [-0.4, -0.2) is 21.9 Å². The van der Waals surface area contributed by atoms with E-state index in [-0.39, 0.29) is 12.6 Å². The number of benzene rings is 1. The zero-order valence-corrected chi connectivity index (χ0v) is 7.07. The van der Waals surface area contributed by atoms with Gasteiger partial charge >= 0.3 is 0 Å². The van der Waals surface area contributed by atoms with E-state index in [0.717, 1.165) is 16.5 Å². The van der Waals surface area contributed by atoms with Gasteiger partial charge in [-0.15, -0.1) is 0 Å². The maximum atomic E-state index is 8.93. The van der Waals surface area contributed by atoms with Crippen LogP contribution in [0.25, 0.3) is 10.9 Å². The zero-order valence-electron chi connectivity index (χ0n) is 7.07. The molecule has 0 amide bonds. The second kappa shape index (κ2) is 3.16. The number of hydrogen-bond acceptors (Lipinski definition) is 3. The van der Waals surface area contributed by atoms with E-state index in [9.17, 15) is 0 Å². The predicted octanol–water partition coefficient (Wildman–Crippen LogP) is 0.555. The predicted molar refractivity (Wildman–Crippen MR) is 50.1 cm³/mol. The fourth-order valence-electron chi connectivity index (χ4n) is 1.40. The summed E-state index contributed by atoms with van der Waals surface area (Å²) in [5.74, 6) is 0. The summed E-state index contributed by atoms with van der Waals surface area (Å²) < 4.78 is 0. The Labute approximate surface area is 75.4 Å². The lowest BCUT2D eigenvalue weighted by Crippen LogP contribution is -2.14. The normalized spacial score (nSPS) is 13.4. The van der Waals surface area contributed by atoms with Crippen LogP contribution in [0.3, 0.4) is 0 Å². The molecular weight excluding hydrogens is 166 g/mol. The van der Waals surface area contributed by atoms with Crippen LogP contribution >= 0.6 is 0 Å². The molecule has 4 nitrogen and oxygen atoms in total. The summed E-state index contributed by atoms with van der Waals surface area (Å²) in [6.45, 7) is -0.0574. The largest absolute Gasteiger partial charge is 0.394 e. The zero-order chi connectivity index (χ0) is 9.26. The van der Waals surface area contributed by atoms with Crippen molar-refractivity contribution in [1.29, 1.82) is 0 Å². The molecule has 1 heterocycles. The van der Waals surface area contributed by atoms with Gasteiger partial charge in [0.05, 0.1) is 24.4 Å². The number of nitrogens with one attached hydrogen (secondary N) is 1. The van der Waals surface area contributed by atoms with Gasteiger partial charge in [0.25, 0.3) is 0 Å². The van der Waals surface area contributed by atoms with Gasteiger partial charge in [-0.25, -0.2) is 0 Å². The number of H-pyrrole nitrogens is 1. The summed E-state index contributed by atoms with van der Waals surface area (Å²) in [5.41, 5.74) is 7.53. The Morgan fingerprint density at radius 1 is 1.54 bits per heavy atom. The van der Waals surface area contributed by atoms with Crippen molar-refractivity contribution in [3.63, 3.8) is 0 Å². The molecule has 1 aromatic heterocycles. The Morgan fingerprint density at radius 2 is 2.38 bits per heavy atom. The van der Waals surface area contributed by atoms with Crippen molar-refractivity contribution in [1.82, 2.24) is 10.2 Å². The monoisotopic (exact) mass is 177 g/mol. The Bertz CT molecular complexity index is 410. The Kier molecular flexibility index (Phi) is 2.00. The van der Waals surface area contributed by atoms with Crippen molar-refractivity contribution in [2.45, 2.75) is 6.04 Å². The van der Waals surface area contributed by atoms with E-state index in [4.69, 9.17) is 10.8 Å². The number of nitrogens with two attached hydrogens (primary N) is 1. The summed E-state index contributed by atoms with van der Waals surface area (Å²) in [6.07, 6.45) is 1.74. The fourth-order valence-corrected chi connectivity index (χ4v) is 1.40. The van der Waals surface area contributed by atoms with Crippen LogP contribution in [0.15, 0.2) is 24.4 Å². The van der Waals surface area contributed by atoms with E-state index in [1.807, 2.05) is 18.2 Å². The van der Waals surface area contributed by atoms with Gasteiger partial charge in [0.2, 0.25) is 0 Å². The molecule has 2 aromatic rings. The highest BCUT2D eigenvalue weighted by Crippen LogP contribution is 2.20. The van der Waals surface area contributed by atoms with Crippen molar-refractivity contribution in [3.8, 4) is 0 Å². The third-order valence-corrected chi connectivity index (χ3v) is 2.11. The van der Waals surface area contributed by atoms with E-state index < -0.39 is 0 Å². The number of hydrogen-bond donors (Lipinski definition) is 3. The summed E-state index contributed by atoms with van der Waals surface area (Å²) in [5, 5.41) is 16.7. The van der Waals surface area contributed by atoms with E-state index in [1.54, 1.807) is 6.20 Å². The topological polar surface area (TPSA) is 74.9 Å². The standard InChI is InChI=1S/C9H11N3O/c10-8(5-13)7-3-1-2-6-4-11-12-9(6)7/h1-4,8,13H,5,10H2,(H,11,12)/t8-/m1/s1. The highest BCUT2D eigenvalue weighted by molar-refractivity contribution is 5.81. The van der Waals surface area contributed by atoms with Gasteiger partial charge in [-0.1, -0.05) is 18.2 Å². The lowest BCUT2D eigenvalue weighted by atomic mass is 10.1. The number of aromatic amines is 1. The van der Waals surface area contributed by atoms with Gasteiger partial charge in [0, 0.05) is 5.39 Å². The van der Waals surface area contributed by atoms with Crippen molar-refractivity contribution >= 4 is 10.9 Å². The molecule has 0 aliphatic carbocycles. The Hall–Kier alpha value is -1.39. The van der Waals surface area contributed by atoms with Crippen LogP contribution in [0.1, 0.15) is 11.6 Å². The minimum absolute atomic E-state index is 0.0574. The molecule has 4 N–H and O–H groups in total. The molecule has 4 heteroatoms. The quantitative estimate of drug-likeness (QED) is 0.627. The van der Waals surface area contributed by atoms with Gasteiger partial charge in [0.15, 0.2) is 0 Å². The van der Waals surface area contributed by atoms with Crippen molar-refractivity contribution < 1.29 is 5.11 Å². The number of aromatic nitrogens is 2. The molecule has 0 unspecified atom stereocenters. The van der Waals surface area contributed by atoms with Crippen LogP contribution in [0.2, 0.25) is 0 Å². The molecule has 1 aromatic carbocycles. The molecule has 0 fully saturated rings. The van der Waals surface area contributed by atoms with Gasteiger partial charge < -0.3 is 10.8 Å². The van der Waals surface area contributed by atoms with E-state index in [1.165, 1.54) is 0 Å². The minimum Gasteiger partial charge on any atom is -0.394 e. The van der Waals surface area contributed by atoms with Gasteiger partial charge in [0.1, 0.15) is 0 Å². The molecule has 0 aliphatic rings. The molecular formula is C9H11N3O. The van der Waals surface area contributed by atoms with Crippen LogP contribution in [0.5, 0.6) is 0 Å². The van der Waals surface area contributed by atoms with E-state index >= 15 is 0 Å². The minimum atomic E-state index is -0.343. The first kappa shape index (κ1) is 8.22. The van der Waals surface area contributed by atoms with Gasteiger partial charge in [-0.2, -0.15) is 5.10 Å². The van der Waals surface area contributed by atoms with Crippen LogP contribution < -0.4 is 5.73 Å². The first-order valence-corrected chi connectivity index (χ1v) is 4.11. The second-order valence-electron chi connectivity index (χ2n) is 2.97. The summed E-state index contributed by atoms with van der Waals surface area (Å²) >= 11 is 0. The molecule has 0 saturated carbocycles. The third kappa shape index (κ3) is 1.30. The molecule has 13 heavy (non-hydrogen) atoms. The number of aliphatic hydroxyl groups is 1. The summed E-state index contributed by atoms with van der Waals surface area (Å²) in [4.78, 5) is 0. The molecule has 2 rings (SSSR count). The molecule has 0 spiro atoms. The van der Waals surface area contributed by atoms with Crippen LogP contribution in [0.4, 0.5) is 0 Å². The number of fused-ring (bicyclic) bond motifs is 1. The summed E-state index contributed by atoms with van der Waals surface area (Å²) in [6, 6.07) is 5.40. The molecule has 0 saturated heterocycles. The highest BCUT2D eigenvalue weighted by Gasteiger charge is 2.08. The molecule has 1 atom stereocenters. The molecule has 0 radical (unpaired) electrons. The van der Waals surface area contributed by atoms with Crippen LogP contribution in [0, 0.1) is 0 Å². The van der Waals surface area contributed by atoms with Crippen molar-refractivity contribution in [2.24, 2.45) is 5.73 Å². The van der Waals surface area contributed by atoms with Gasteiger partial charge in [-0.3, -0.25) is 5.10 Å². The van der Waals surface area contributed by atoms with Crippen molar-refractivity contribution in [2.75, 3.05) is 6.61 Å². The lowest BCUT2D eigenvalue weighted by Gasteiger charge is -2.08. The maximum absolute atomic E-state index is 8.93. The number of para-hydroxylation sites is 1. The Morgan fingerprint density at radius 3 is 3.15 bits per heavy atom. The highest BCUT2D eigenvalue weighted by atomic mass is 16.3. The first-order valence-electron chi connectivity index (χ1n) is 4.11. The lowest BCUT2D eigenvalue weighted by molar-refractivity contribution is 0.268. The second-order valence-corrected chi connectivity index (χ2v) is 2.97. The van der Waals surface area contributed by atoms with Crippen LogP contribution in [-0.2, 0) is 0 Å². The number of aliphatic hydroxyl groups excluding tert-OH is 1. The smallest absolute Gasteiger partial charge is 0.0698 e. The Balaban J connectivity index is 2.60.